The van der Waals surface area contributed by atoms with Crippen molar-refractivity contribution < 1.29 is 4.74 Å². The van der Waals surface area contributed by atoms with Crippen LogP contribution in [0.5, 0.6) is 0 Å². The van der Waals surface area contributed by atoms with Gasteiger partial charge in [-0.1, -0.05) is 67.6 Å². The van der Waals surface area contributed by atoms with Gasteiger partial charge in [0.15, 0.2) is 5.82 Å². The van der Waals surface area contributed by atoms with E-state index in [9.17, 15) is 4.79 Å². The number of benzene rings is 2. The number of nitrogens with one attached hydrogen (secondary N) is 1. The van der Waals surface area contributed by atoms with Gasteiger partial charge in [-0.15, -0.1) is 5.10 Å². The average molecular weight is 360 g/mol. The van der Waals surface area contributed by atoms with E-state index in [-0.39, 0.29) is 11.7 Å². The maximum Gasteiger partial charge on any atom is 0.275 e. The lowest BCUT2D eigenvalue weighted by Crippen LogP contribution is -2.16. The first-order valence-corrected chi connectivity index (χ1v) is 8.95. The van der Waals surface area contributed by atoms with Crippen LogP contribution in [-0.4, -0.2) is 19.6 Å². The standard InChI is InChI=1S/C21H20N4O2/c1-2-18(15-9-5-3-6-10-15)27-14-17-13-19(26)25-21(22-17)23-20(24-25)16-11-7-4-8-12-16/h3-13,18H,2,14H2,1H3,(H,22,23,24)/t18-/m0/s1. The molecule has 0 saturated heterocycles. The maximum atomic E-state index is 12.4. The SMILES string of the molecule is CC[C@H](OCc1cc(=O)n2nc(-c3ccccc3)nc2[nH]1)c1ccccc1. The summed E-state index contributed by atoms with van der Waals surface area (Å²) < 4.78 is 7.31. The Kier molecular flexibility index (Phi) is 4.80. The molecule has 2 heterocycles. The zero-order valence-corrected chi connectivity index (χ0v) is 15.0. The Labute approximate surface area is 156 Å². The molecule has 2 aromatic carbocycles. The fourth-order valence-electron chi connectivity index (χ4n) is 3.03. The van der Waals surface area contributed by atoms with Crippen LogP contribution in [0.15, 0.2) is 71.5 Å². The molecule has 136 valence electrons. The summed E-state index contributed by atoms with van der Waals surface area (Å²) in [6.45, 7) is 2.38. The lowest BCUT2D eigenvalue weighted by molar-refractivity contribution is 0.0353. The molecule has 0 unspecified atom stereocenters. The highest BCUT2D eigenvalue weighted by molar-refractivity contribution is 5.56. The van der Waals surface area contributed by atoms with E-state index in [1.807, 2.05) is 60.7 Å². The van der Waals surface area contributed by atoms with Crippen molar-refractivity contribution in [1.82, 2.24) is 19.6 Å². The highest BCUT2D eigenvalue weighted by Gasteiger charge is 2.13. The van der Waals surface area contributed by atoms with E-state index in [4.69, 9.17) is 4.74 Å². The van der Waals surface area contributed by atoms with Gasteiger partial charge in [0.25, 0.3) is 5.56 Å². The van der Waals surface area contributed by atoms with Crippen molar-refractivity contribution in [3.63, 3.8) is 0 Å². The molecular formula is C21H20N4O2. The highest BCUT2D eigenvalue weighted by atomic mass is 16.5. The second kappa shape index (κ2) is 7.55. The molecule has 0 saturated carbocycles. The van der Waals surface area contributed by atoms with Gasteiger partial charge >= 0.3 is 0 Å². The largest absolute Gasteiger partial charge is 0.367 e. The highest BCUT2D eigenvalue weighted by Crippen LogP contribution is 2.22. The quantitative estimate of drug-likeness (QED) is 0.568. The Morgan fingerprint density at radius 2 is 1.78 bits per heavy atom. The van der Waals surface area contributed by atoms with Gasteiger partial charge in [-0.3, -0.25) is 4.79 Å². The summed E-state index contributed by atoms with van der Waals surface area (Å²) in [5, 5.41) is 4.30. The number of aromatic nitrogens is 4. The third-order valence-electron chi connectivity index (χ3n) is 4.40. The normalized spacial score (nSPS) is 12.3. The average Bonchev–Trinajstić information content (AvgIpc) is 3.15. The summed E-state index contributed by atoms with van der Waals surface area (Å²) in [5.41, 5.74) is 2.43. The first-order chi connectivity index (χ1) is 13.2. The van der Waals surface area contributed by atoms with Gasteiger partial charge < -0.3 is 9.72 Å². The van der Waals surface area contributed by atoms with Crippen LogP contribution < -0.4 is 5.56 Å². The number of aromatic amines is 1. The minimum Gasteiger partial charge on any atom is -0.367 e. The van der Waals surface area contributed by atoms with Crippen LogP contribution in [0.3, 0.4) is 0 Å². The number of hydrogen-bond donors (Lipinski definition) is 1. The van der Waals surface area contributed by atoms with E-state index in [1.54, 1.807) is 0 Å². The minimum atomic E-state index is -0.232. The number of fused-ring (bicyclic) bond motifs is 1. The summed E-state index contributed by atoms with van der Waals surface area (Å²) in [5.74, 6) is 0.922. The second-order valence-electron chi connectivity index (χ2n) is 6.29. The molecule has 1 N–H and O–H groups in total. The first kappa shape index (κ1) is 17.2. The van der Waals surface area contributed by atoms with Gasteiger partial charge in [0.1, 0.15) is 0 Å². The van der Waals surface area contributed by atoms with Crippen molar-refractivity contribution in [2.45, 2.75) is 26.1 Å². The van der Waals surface area contributed by atoms with E-state index in [0.717, 1.165) is 17.5 Å². The number of rotatable bonds is 6. The summed E-state index contributed by atoms with van der Waals surface area (Å²) in [6, 6.07) is 21.2. The van der Waals surface area contributed by atoms with Crippen molar-refractivity contribution in [2.75, 3.05) is 0 Å². The van der Waals surface area contributed by atoms with Crippen LogP contribution >= 0.6 is 0 Å². The molecule has 1 atom stereocenters. The number of nitrogens with zero attached hydrogens (tertiary/aromatic N) is 3. The summed E-state index contributed by atoms with van der Waals surface area (Å²) in [4.78, 5) is 20.0. The van der Waals surface area contributed by atoms with Crippen molar-refractivity contribution >= 4 is 5.78 Å². The second-order valence-corrected chi connectivity index (χ2v) is 6.29. The molecule has 0 aliphatic rings. The Hall–Kier alpha value is -3.25. The molecule has 27 heavy (non-hydrogen) atoms. The fraction of sp³-hybridized carbons (Fsp3) is 0.190. The Balaban J connectivity index is 1.59. The van der Waals surface area contributed by atoms with E-state index < -0.39 is 0 Å². The van der Waals surface area contributed by atoms with Crippen LogP contribution in [0.2, 0.25) is 0 Å². The van der Waals surface area contributed by atoms with Crippen molar-refractivity contribution in [1.29, 1.82) is 0 Å². The van der Waals surface area contributed by atoms with Crippen LogP contribution in [0, 0.1) is 0 Å². The molecule has 4 rings (SSSR count). The van der Waals surface area contributed by atoms with Gasteiger partial charge in [-0.2, -0.15) is 9.50 Å². The molecule has 0 aliphatic heterocycles. The Morgan fingerprint density at radius 3 is 2.48 bits per heavy atom. The minimum absolute atomic E-state index is 0.0244. The number of H-pyrrole nitrogens is 1. The fourth-order valence-corrected chi connectivity index (χ4v) is 3.03. The zero-order valence-electron chi connectivity index (χ0n) is 15.0. The molecule has 0 radical (unpaired) electrons. The van der Waals surface area contributed by atoms with Gasteiger partial charge in [0.2, 0.25) is 5.78 Å². The van der Waals surface area contributed by atoms with Crippen molar-refractivity contribution in [2.24, 2.45) is 0 Å². The summed E-state index contributed by atoms with van der Waals surface area (Å²) in [7, 11) is 0. The van der Waals surface area contributed by atoms with Crippen molar-refractivity contribution in [3.8, 4) is 11.4 Å². The van der Waals surface area contributed by atoms with E-state index in [2.05, 4.69) is 22.0 Å². The molecule has 0 aliphatic carbocycles. The number of hydrogen-bond acceptors (Lipinski definition) is 4. The molecule has 0 bridgehead atoms. The molecule has 2 aromatic heterocycles. The van der Waals surface area contributed by atoms with Gasteiger partial charge in [0.05, 0.1) is 12.7 Å². The molecular weight excluding hydrogens is 340 g/mol. The third kappa shape index (κ3) is 3.66. The predicted molar refractivity (Wildman–Crippen MR) is 103 cm³/mol. The Morgan fingerprint density at radius 1 is 1.07 bits per heavy atom. The van der Waals surface area contributed by atoms with Gasteiger partial charge in [0, 0.05) is 17.3 Å². The van der Waals surface area contributed by atoms with Crippen LogP contribution in [0.25, 0.3) is 17.2 Å². The smallest absolute Gasteiger partial charge is 0.275 e. The maximum absolute atomic E-state index is 12.4. The number of ether oxygens (including phenoxy) is 1. The van der Waals surface area contributed by atoms with Crippen LogP contribution in [-0.2, 0) is 11.3 Å². The Bertz CT molecular complexity index is 1090. The van der Waals surface area contributed by atoms with E-state index in [1.165, 1.54) is 10.6 Å². The molecule has 0 amide bonds. The van der Waals surface area contributed by atoms with Gasteiger partial charge in [-0.05, 0) is 12.0 Å². The summed E-state index contributed by atoms with van der Waals surface area (Å²) in [6.07, 6.45) is 0.822. The predicted octanol–water partition coefficient (Wildman–Crippen LogP) is 3.75. The molecule has 6 heteroatoms. The lowest BCUT2D eigenvalue weighted by Gasteiger charge is -2.16. The summed E-state index contributed by atoms with van der Waals surface area (Å²) >= 11 is 0. The molecule has 4 aromatic rings. The van der Waals surface area contributed by atoms with Crippen molar-refractivity contribution in [3.05, 3.63) is 88.3 Å². The lowest BCUT2D eigenvalue weighted by atomic mass is 10.1. The molecule has 0 fully saturated rings. The topological polar surface area (TPSA) is 72.3 Å². The van der Waals surface area contributed by atoms with Gasteiger partial charge in [-0.25, -0.2) is 0 Å². The molecule has 6 nitrogen and oxygen atoms in total. The zero-order chi connectivity index (χ0) is 18.6. The molecule has 0 spiro atoms. The monoisotopic (exact) mass is 360 g/mol. The van der Waals surface area contributed by atoms with E-state index >= 15 is 0 Å². The van der Waals surface area contributed by atoms with Crippen LogP contribution in [0.4, 0.5) is 0 Å². The van der Waals surface area contributed by atoms with Crippen LogP contribution in [0.1, 0.15) is 30.7 Å². The first-order valence-electron chi connectivity index (χ1n) is 8.95. The van der Waals surface area contributed by atoms with E-state index in [0.29, 0.717) is 23.9 Å². The third-order valence-corrected chi connectivity index (χ3v) is 4.40.